The first-order chi connectivity index (χ1) is 7.84. The van der Waals surface area contributed by atoms with Crippen molar-refractivity contribution in [2.75, 3.05) is 0 Å². The third-order valence-electron chi connectivity index (χ3n) is 3.39. The highest BCUT2D eigenvalue weighted by Gasteiger charge is 2.29. The predicted octanol–water partition coefficient (Wildman–Crippen LogP) is 2.24. The number of benzene rings is 1. The summed E-state index contributed by atoms with van der Waals surface area (Å²) in [5.41, 5.74) is 1.81. The molecule has 17 heavy (non-hydrogen) atoms. The molecule has 0 aliphatic heterocycles. The smallest absolute Gasteiger partial charge is 0.313 e. The molecule has 0 aliphatic rings. The Balaban J connectivity index is 2.63. The van der Waals surface area contributed by atoms with Gasteiger partial charge in [0.15, 0.2) is 0 Å². The van der Waals surface area contributed by atoms with Crippen molar-refractivity contribution in [3.05, 3.63) is 29.5 Å². The quantitative estimate of drug-likeness (QED) is 0.864. The van der Waals surface area contributed by atoms with E-state index >= 15 is 0 Å². The molecule has 1 aromatic carbocycles. The molecule has 0 saturated carbocycles. The Kier molecular flexibility index (Phi) is 2.45. The van der Waals surface area contributed by atoms with Crippen LogP contribution in [0, 0.1) is 6.92 Å². The lowest BCUT2D eigenvalue weighted by molar-refractivity contribution is -0.142. The molecule has 2 rings (SSSR count). The number of fused-ring (bicyclic) bond motifs is 1. The van der Waals surface area contributed by atoms with Crippen LogP contribution < -0.4 is 0 Å². The second-order valence-corrected chi connectivity index (χ2v) is 4.87. The number of aryl methyl sites for hydroxylation is 2. The number of nitrogens with zero attached hydrogens (tertiary/aromatic N) is 2. The van der Waals surface area contributed by atoms with Gasteiger partial charge in [0.2, 0.25) is 0 Å². The summed E-state index contributed by atoms with van der Waals surface area (Å²) in [5, 5.41) is 14.6. The van der Waals surface area contributed by atoms with Crippen LogP contribution >= 0.6 is 0 Å². The standard InChI is InChI=1S/C13H16N2O2/c1-8-10-6-5-9(13(2,3)12(16)17)7-11(10)14-15(8)4/h5-7H,1-4H3,(H,16,17). The monoisotopic (exact) mass is 232 g/mol. The maximum atomic E-state index is 11.2. The van der Waals surface area contributed by atoms with Crippen LogP contribution in [0.15, 0.2) is 18.2 Å². The lowest BCUT2D eigenvalue weighted by atomic mass is 9.84. The zero-order chi connectivity index (χ0) is 12.8. The number of carbonyl (C=O) groups is 1. The average molecular weight is 232 g/mol. The van der Waals surface area contributed by atoms with Crippen molar-refractivity contribution in [1.82, 2.24) is 9.78 Å². The zero-order valence-corrected chi connectivity index (χ0v) is 10.5. The molecule has 1 aromatic heterocycles. The molecule has 0 radical (unpaired) electrons. The zero-order valence-electron chi connectivity index (χ0n) is 10.5. The average Bonchev–Trinajstić information content (AvgIpc) is 2.54. The highest BCUT2D eigenvalue weighted by Crippen LogP contribution is 2.27. The fraction of sp³-hybridized carbons (Fsp3) is 0.385. The summed E-state index contributed by atoms with van der Waals surface area (Å²) in [5.74, 6) is -0.829. The minimum absolute atomic E-state index is 0.774. The van der Waals surface area contributed by atoms with Crippen molar-refractivity contribution >= 4 is 16.9 Å². The van der Waals surface area contributed by atoms with E-state index in [1.54, 1.807) is 13.8 Å². The molecular weight excluding hydrogens is 216 g/mol. The Morgan fingerprint density at radius 1 is 1.41 bits per heavy atom. The number of aliphatic carboxylic acids is 1. The predicted molar refractivity (Wildman–Crippen MR) is 66.1 cm³/mol. The summed E-state index contributed by atoms with van der Waals surface area (Å²) in [7, 11) is 1.89. The third kappa shape index (κ3) is 1.69. The molecule has 90 valence electrons. The van der Waals surface area contributed by atoms with Crippen molar-refractivity contribution < 1.29 is 9.90 Å². The molecule has 1 N–H and O–H groups in total. The normalized spacial score (nSPS) is 12.0. The summed E-state index contributed by atoms with van der Waals surface area (Å²) in [6.07, 6.45) is 0. The van der Waals surface area contributed by atoms with Gasteiger partial charge in [0.25, 0.3) is 0 Å². The van der Waals surface area contributed by atoms with Crippen LogP contribution in [-0.2, 0) is 17.3 Å². The van der Waals surface area contributed by atoms with Crippen LogP contribution in [0.4, 0.5) is 0 Å². The lowest BCUT2D eigenvalue weighted by Crippen LogP contribution is -2.28. The largest absolute Gasteiger partial charge is 0.481 e. The van der Waals surface area contributed by atoms with Crippen molar-refractivity contribution in [3.63, 3.8) is 0 Å². The van der Waals surface area contributed by atoms with E-state index in [2.05, 4.69) is 5.10 Å². The van der Waals surface area contributed by atoms with Crippen LogP contribution in [0.25, 0.3) is 10.9 Å². The van der Waals surface area contributed by atoms with Crippen molar-refractivity contribution in [1.29, 1.82) is 0 Å². The Labute approximate surface area is 99.9 Å². The van der Waals surface area contributed by atoms with Gasteiger partial charge in [-0.05, 0) is 32.4 Å². The molecule has 0 aliphatic carbocycles. The summed E-state index contributed by atoms with van der Waals surface area (Å²) < 4.78 is 1.81. The SMILES string of the molecule is Cc1c2ccc(C(C)(C)C(=O)O)cc2nn1C. The van der Waals surface area contributed by atoms with Gasteiger partial charge in [-0.1, -0.05) is 12.1 Å². The fourth-order valence-corrected chi connectivity index (χ4v) is 1.84. The van der Waals surface area contributed by atoms with Gasteiger partial charge in [-0.15, -0.1) is 0 Å². The molecule has 0 saturated heterocycles. The molecule has 0 unspecified atom stereocenters. The first kappa shape index (κ1) is 11.6. The molecule has 0 bridgehead atoms. The van der Waals surface area contributed by atoms with Gasteiger partial charge in [0.05, 0.1) is 10.9 Å². The van der Waals surface area contributed by atoms with Gasteiger partial charge >= 0.3 is 5.97 Å². The molecule has 0 fully saturated rings. The van der Waals surface area contributed by atoms with Crippen molar-refractivity contribution in [3.8, 4) is 0 Å². The van der Waals surface area contributed by atoms with Gasteiger partial charge in [0.1, 0.15) is 0 Å². The lowest BCUT2D eigenvalue weighted by Gasteiger charge is -2.19. The van der Waals surface area contributed by atoms with E-state index in [0.717, 1.165) is 22.2 Å². The highest BCUT2D eigenvalue weighted by atomic mass is 16.4. The number of carboxylic acids is 1. The molecule has 0 atom stereocenters. The second kappa shape index (κ2) is 3.58. The molecule has 2 aromatic rings. The summed E-state index contributed by atoms with van der Waals surface area (Å²) in [6, 6.07) is 5.67. The summed E-state index contributed by atoms with van der Waals surface area (Å²) in [6.45, 7) is 5.40. The summed E-state index contributed by atoms with van der Waals surface area (Å²) in [4.78, 5) is 11.2. The van der Waals surface area contributed by atoms with Crippen LogP contribution in [-0.4, -0.2) is 20.9 Å². The molecule has 1 heterocycles. The molecular formula is C13H16N2O2. The third-order valence-corrected chi connectivity index (χ3v) is 3.39. The maximum absolute atomic E-state index is 11.2. The van der Waals surface area contributed by atoms with Gasteiger partial charge < -0.3 is 5.11 Å². The Morgan fingerprint density at radius 3 is 2.65 bits per heavy atom. The van der Waals surface area contributed by atoms with Gasteiger partial charge in [-0.3, -0.25) is 9.48 Å². The fourth-order valence-electron chi connectivity index (χ4n) is 1.84. The number of hydrogen-bond donors (Lipinski definition) is 1. The van der Waals surface area contributed by atoms with E-state index in [9.17, 15) is 9.90 Å². The van der Waals surface area contributed by atoms with Gasteiger partial charge in [-0.2, -0.15) is 5.10 Å². The first-order valence-electron chi connectivity index (χ1n) is 5.51. The number of hydrogen-bond acceptors (Lipinski definition) is 2. The topological polar surface area (TPSA) is 55.1 Å². The van der Waals surface area contributed by atoms with E-state index in [-0.39, 0.29) is 0 Å². The Morgan fingerprint density at radius 2 is 2.06 bits per heavy atom. The van der Waals surface area contributed by atoms with Crippen LogP contribution in [0.2, 0.25) is 0 Å². The van der Waals surface area contributed by atoms with Crippen molar-refractivity contribution in [2.24, 2.45) is 7.05 Å². The second-order valence-electron chi connectivity index (χ2n) is 4.87. The Bertz CT molecular complexity index is 597. The van der Waals surface area contributed by atoms with Crippen molar-refractivity contribution in [2.45, 2.75) is 26.2 Å². The van der Waals surface area contributed by atoms with Crippen LogP contribution in [0.3, 0.4) is 0 Å². The number of aromatic nitrogens is 2. The van der Waals surface area contributed by atoms with E-state index in [1.807, 2.05) is 36.9 Å². The van der Waals surface area contributed by atoms with E-state index in [0.29, 0.717) is 0 Å². The van der Waals surface area contributed by atoms with Gasteiger partial charge in [0, 0.05) is 18.1 Å². The van der Waals surface area contributed by atoms with E-state index < -0.39 is 11.4 Å². The first-order valence-corrected chi connectivity index (χ1v) is 5.51. The minimum Gasteiger partial charge on any atom is -0.481 e. The van der Waals surface area contributed by atoms with Crippen LogP contribution in [0.5, 0.6) is 0 Å². The molecule has 0 spiro atoms. The maximum Gasteiger partial charge on any atom is 0.313 e. The van der Waals surface area contributed by atoms with E-state index in [4.69, 9.17) is 0 Å². The van der Waals surface area contributed by atoms with Crippen LogP contribution in [0.1, 0.15) is 25.1 Å². The number of carboxylic acid groups (broad SMARTS) is 1. The molecule has 0 amide bonds. The van der Waals surface area contributed by atoms with Gasteiger partial charge in [-0.25, -0.2) is 0 Å². The molecule has 4 nitrogen and oxygen atoms in total. The number of rotatable bonds is 2. The minimum atomic E-state index is -0.889. The van der Waals surface area contributed by atoms with E-state index in [1.165, 1.54) is 0 Å². The molecule has 4 heteroatoms. The summed E-state index contributed by atoms with van der Waals surface area (Å²) >= 11 is 0. The highest BCUT2D eigenvalue weighted by molar-refractivity contribution is 5.86. The Hall–Kier alpha value is -1.84.